The Morgan fingerprint density at radius 1 is 0.522 bits per heavy atom. The second-order valence-electron chi connectivity index (χ2n) is 10.6. The molecule has 0 radical (unpaired) electrons. The van der Waals surface area contributed by atoms with Gasteiger partial charge in [0.2, 0.25) is 5.91 Å². The van der Waals surface area contributed by atoms with Crippen LogP contribution in [0.15, 0.2) is 24.3 Å². The summed E-state index contributed by atoms with van der Waals surface area (Å²) in [4.78, 5) is 22.5. The number of hydrogen-bond acceptors (Lipinski definition) is 13. The molecular weight excluding hydrogens is 606 g/mol. The Hall–Kier alpha value is -2.40. The van der Waals surface area contributed by atoms with Crippen LogP contribution in [0.1, 0.15) is 27.7 Å². The first-order valence-electron chi connectivity index (χ1n) is 15.7. The number of esters is 1. The number of anilines is 1. The summed E-state index contributed by atoms with van der Waals surface area (Å²) in [6.45, 7) is 15.0. The van der Waals surface area contributed by atoms with Crippen molar-refractivity contribution in [1.29, 1.82) is 0 Å². The van der Waals surface area contributed by atoms with Crippen molar-refractivity contribution in [2.24, 2.45) is 0 Å². The van der Waals surface area contributed by atoms with Gasteiger partial charge in [-0.3, -0.25) is 4.79 Å². The Morgan fingerprint density at radius 3 is 1.17 bits per heavy atom. The lowest BCUT2D eigenvalue weighted by Gasteiger charge is -2.19. The summed E-state index contributed by atoms with van der Waals surface area (Å²) >= 11 is 0. The number of carbonyl (C=O) groups excluding carboxylic acids is 2. The fourth-order valence-corrected chi connectivity index (χ4v) is 3.34. The predicted molar refractivity (Wildman–Crippen MR) is 169 cm³/mol. The van der Waals surface area contributed by atoms with Gasteiger partial charge in [0.15, 0.2) is 0 Å². The zero-order chi connectivity index (χ0) is 33.6. The van der Waals surface area contributed by atoms with Gasteiger partial charge in [0.25, 0.3) is 0 Å². The second-order valence-corrected chi connectivity index (χ2v) is 10.6. The first-order valence-corrected chi connectivity index (χ1v) is 15.7. The van der Waals surface area contributed by atoms with Crippen LogP contribution < -0.4 is 10.1 Å². The maximum atomic E-state index is 11.5. The van der Waals surface area contributed by atoms with Crippen LogP contribution in [0.4, 0.5) is 5.69 Å². The van der Waals surface area contributed by atoms with Gasteiger partial charge in [0.05, 0.1) is 112 Å². The highest BCUT2D eigenvalue weighted by molar-refractivity contribution is 5.88. The van der Waals surface area contributed by atoms with E-state index in [1.165, 1.54) is 6.92 Å². The summed E-state index contributed by atoms with van der Waals surface area (Å²) in [5.74, 6) is 0.212. The summed E-state index contributed by atoms with van der Waals surface area (Å²) in [5, 5.41) is 2.71. The van der Waals surface area contributed by atoms with Crippen LogP contribution in [-0.4, -0.2) is 143 Å². The van der Waals surface area contributed by atoms with E-state index in [1.54, 1.807) is 24.3 Å². The molecule has 0 heterocycles. The molecule has 46 heavy (non-hydrogen) atoms. The molecule has 0 aromatic heterocycles. The fourth-order valence-electron chi connectivity index (χ4n) is 3.34. The van der Waals surface area contributed by atoms with E-state index >= 15 is 0 Å². The van der Waals surface area contributed by atoms with Crippen LogP contribution in [0.3, 0.4) is 0 Å². The first-order chi connectivity index (χ1) is 22.3. The predicted octanol–water partition coefficient (Wildman–Crippen LogP) is 2.51. The summed E-state index contributed by atoms with van der Waals surface area (Å²) in [6.07, 6.45) is 0. The molecule has 0 unspecified atom stereocenters. The maximum Gasteiger partial charge on any atom is 0.332 e. The van der Waals surface area contributed by atoms with Crippen molar-refractivity contribution >= 4 is 17.6 Å². The Morgan fingerprint density at radius 2 is 0.848 bits per heavy atom. The van der Waals surface area contributed by atoms with Gasteiger partial charge in [-0.05, 0) is 45.0 Å². The molecule has 0 aliphatic carbocycles. The third-order valence-corrected chi connectivity index (χ3v) is 5.29. The SMILES string of the molecule is CC(=O)Nc1ccc(OCCOCCOCCOCCOCCOCCOCCOCCOCCOCC(=O)OC(C)(C)C)cc1. The molecule has 0 saturated heterocycles. The van der Waals surface area contributed by atoms with Gasteiger partial charge < -0.3 is 57.4 Å². The standard InChI is InChI=1S/C32H55NO13/c1-28(34)33-29-5-7-30(8-6-29)45-26-25-43-22-21-41-18-17-39-14-13-37-10-9-36-11-12-38-15-16-40-19-20-42-23-24-44-27-31(35)46-32(2,3)4/h5-8H,9-27H2,1-4H3,(H,33,34). The van der Waals surface area contributed by atoms with Crippen molar-refractivity contribution in [1.82, 2.24) is 0 Å². The van der Waals surface area contributed by atoms with Gasteiger partial charge in [-0.25, -0.2) is 4.79 Å². The van der Waals surface area contributed by atoms with Crippen LogP contribution in [0.25, 0.3) is 0 Å². The van der Waals surface area contributed by atoms with Crippen molar-refractivity contribution in [3.8, 4) is 5.75 Å². The van der Waals surface area contributed by atoms with Gasteiger partial charge in [0.1, 0.15) is 24.6 Å². The van der Waals surface area contributed by atoms with Gasteiger partial charge in [0, 0.05) is 12.6 Å². The molecule has 0 saturated carbocycles. The van der Waals surface area contributed by atoms with Crippen LogP contribution in [0, 0.1) is 0 Å². The maximum absolute atomic E-state index is 11.5. The molecular formula is C32H55NO13. The van der Waals surface area contributed by atoms with Crippen LogP contribution in [0.5, 0.6) is 5.75 Å². The molecule has 0 bridgehead atoms. The summed E-state index contributed by atoms with van der Waals surface area (Å²) in [7, 11) is 0. The van der Waals surface area contributed by atoms with Gasteiger partial charge in [-0.2, -0.15) is 0 Å². The van der Waals surface area contributed by atoms with E-state index in [0.717, 1.165) is 5.69 Å². The minimum absolute atomic E-state index is 0.0864. The third kappa shape index (κ3) is 29.0. The molecule has 0 atom stereocenters. The van der Waals surface area contributed by atoms with Crippen molar-refractivity contribution < 1.29 is 61.7 Å². The smallest absolute Gasteiger partial charge is 0.332 e. The summed E-state index contributed by atoms with van der Waals surface area (Å²) in [5.41, 5.74) is 0.214. The molecule has 0 fully saturated rings. The van der Waals surface area contributed by atoms with E-state index < -0.39 is 5.60 Å². The van der Waals surface area contributed by atoms with Crippen molar-refractivity contribution in [3.63, 3.8) is 0 Å². The number of amides is 1. The number of ether oxygens (including phenoxy) is 11. The molecule has 266 valence electrons. The number of carbonyl (C=O) groups is 2. The average Bonchev–Trinajstić information content (AvgIpc) is 3.00. The lowest BCUT2D eigenvalue weighted by molar-refractivity contribution is -0.160. The minimum Gasteiger partial charge on any atom is -0.491 e. The molecule has 1 aromatic carbocycles. The van der Waals surface area contributed by atoms with E-state index in [9.17, 15) is 9.59 Å². The highest BCUT2D eigenvalue weighted by Crippen LogP contribution is 2.15. The average molecular weight is 662 g/mol. The molecule has 1 N–H and O–H groups in total. The van der Waals surface area contributed by atoms with E-state index in [4.69, 9.17) is 52.1 Å². The Labute approximate surface area is 273 Å². The quantitative estimate of drug-likeness (QED) is 0.0919. The van der Waals surface area contributed by atoms with Crippen molar-refractivity contribution in [2.75, 3.05) is 131 Å². The van der Waals surface area contributed by atoms with E-state index in [2.05, 4.69) is 5.32 Å². The second kappa shape index (κ2) is 28.8. The van der Waals surface area contributed by atoms with E-state index in [1.807, 2.05) is 20.8 Å². The third-order valence-electron chi connectivity index (χ3n) is 5.29. The van der Waals surface area contributed by atoms with Crippen molar-refractivity contribution in [2.45, 2.75) is 33.3 Å². The van der Waals surface area contributed by atoms with Crippen LogP contribution in [-0.2, 0) is 57.0 Å². The van der Waals surface area contributed by atoms with Crippen molar-refractivity contribution in [3.05, 3.63) is 24.3 Å². The summed E-state index contributed by atoms with van der Waals surface area (Å²) < 4.78 is 59.6. The highest BCUT2D eigenvalue weighted by atomic mass is 16.6. The van der Waals surface area contributed by atoms with Crippen LogP contribution in [0.2, 0.25) is 0 Å². The molecule has 14 heteroatoms. The van der Waals surface area contributed by atoms with Gasteiger partial charge in [-0.1, -0.05) is 0 Å². The largest absolute Gasteiger partial charge is 0.491 e. The molecule has 0 spiro atoms. The zero-order valence-electron chi connectivity index (χ0n) is 28.1. The van der Waals surface area contributed by atoms with E-state index in [0.29, 0.717) is 125 Å². The molecule has 1 amide bonds. The van der Waals surface area contributed by atoms with Gasteiger partial charge in [-0.15, -0.1) is 0 Å². The normalized spacial score (nSPS) is 11.5. The molecule has 0 aliphatic heterocycles. The number of benzene rings is 1. The van der Waals surface area contributed by atoms with Crippen LogP contribution >= 0.6 is 0 Å². The Bertz CT molecular complexity index is 865. The first kappa shape index (κ1) is 41.6. The van der Waals surface area contributed by atoms with E-state index in [-0.39, 0.29) is 18.5 Å². The summed E-state index contributed by atoms with van der Waals surface area (Å²) in [6, 6.07) is 7.16. The fraction of sp³-hybridized carbons (Fsp3) is 0.750. The highest BCUT2D eigenvalue weighted by Gasteiger charge is 2.15. The topological polar surface area (TPSA) is 148 Å². The van der Waals surface area contributed by atoms with Gasteiger partial charge >= 0.3 is 5.97 Å². The number of nitrogens with one attached hydrogen (secondary N) is 1. The zero-order valence-corrected chi connectivity index (χ0v) is 28.1. The molecule has 14 nitrogen and oxygen atoms in total. The molecule has 1 rings (SSSR count). The molecule has 0 aliphatic rings. The molecule has 1 aromatic rings. The monoisotopic (exact) mass is 661 g/mol. The number of rotatable bonds is 31. The minimum atomic E-state index is -0.514. The lowest BCUT2D eigenvalue weighted by Crippen LogP contribution is -2.27. The lowest BCUT2D eigenvalue weighted by atomic mass is 10.2. The Balaban J connectivity index is 1.69. The Kier molecular flexibility index (Phi) is 26.1. The number of hydrogen-bond donors (Lipinski definition) is 1.